The minimum Gasteiger partial charge on any atom is -0.481 e. The van der Waals surface area contributed by atoms with Gasteiger partial charge < -0.3 is 10.0 Å². The van der Waals surface area contributed by atoms with Gasteiger partial charge in [0.25, 0.3) is 5.69 Å². The van der Waals surface area contributed by atoms with Crippen LogP contribution in [0.5, 0.6) is 0 Å². The Kier molecular flexibility index (Phi) is 5.22. The molecular weight excluding hydrogens is 323 g/mol. The molecule has 19 heavy (non-hydrogen) atoms. The zero-order chi connectivity index (χ0) is 14.6. The van der Waals surface area contributed by atoms with E-state index in [2.05, 4.69) is 15.9 Å². The molecule has 0 aromatic heterocycles. The topological polar surface area (TPSA) is 83.7 Å². The van der Waals surface area contributed by atoms with Gasteiger partial charge in [-0.05, 0) is 28.9 Å². The van der Waals surface area contributed by atoms with E-state index in [0.717, 1.165) is 6.07 Å². The second kappa shape index (κ2) is 6.46. The number of nitro benzene ring substituents is 1. The van der Waals surface area contributed by atoms with Crippen molar-refractivity contribution in [2.45, 2.75) is 13.3 Å². The van der Waals surface area contributed by atoms with Crippen LogP contribution in [-0.2, 0) is 4.79 Å². The molecule has 0 heterocycles. The van der Waals surface area contributed by atoms with Gasteiger partial charge >= 0.3 is 5.97 Å². The van der Waals surface area contributed by atoms with Crippen molar-refractivity contribution < 1.29 is 19.2 Å². The van der Waals surface area contributed by atoms with E-state index in [9.17, 15) is 19.3 Å². The van der Waals surface area contributed by atoms with Crippen molar-refractivity contribution in [3.8, 4) is 0 Å². The SMILES string of the molecule is CCN(CCC(=O)O)c1cc(Br)c(F)cc1[N+](=O)[O-]. The maximum absolute atomic E-state index is 13.3. The van der Waals surface area contributed by atoms with Gasteiger partial charge in [-0.25, -0.2) is 4.39 Å². The van der Waals surface area contributed by atoms with Gasteiger partial charge in [0.1, 0.15) is 11.5 Å². The molecular formula is C11H12BrFN2O4. The number of hydrogen-bond acceptors (Lipinski definition) is 4. The highest BCUT2D eigenvalue weighted by Gasteiger charge is 2.22. The lowest BCUT2D eigenvalue weighted by Crippen LogP contribution is -2.26. The van der Waals surface area contributed by atoms with Crippen LogP contribution in [0.25, 0.3) is 0 Å². The molecule has 0 aliphatic rings. The maximum atomic E-state index is 13.3. The monoisotopic (exact) mass is 334 g/mol. The normalized spacial score (nSPS) is 10.3. The first-order valence-corrected chi connectivity index (χ1v) is 6.26. The van der Waals surface area contributed by atoms with Crippen molar-refractivity contribution in [2.24, 2.45) is 0 Å². The number of nitrogens with zero attached hydrogens (tertiary/aromatic N) is 2. The highest BCUT2D eigenvalue weighted by Crippen LogP contribution is 2.33. The van der Waals surface area contributed by atoms with Crippen LogP contribution in [0.2, 0.25) is 0 Å². The Hall–Kier alpha value is -1.70. The zero-order valence-electron chi connectivity index (χ0n) is 10.1. The van der Waals surface area contributed by atoms with E-state index >= 15 is 0 Å². The lowest BCUT2D eigenvalue weighted by Gasteiger charge is -2.22. The first-order valence-electron chi connectivity index (χ1n) is 5.47. The minimum absolute atomic E-state index is 0.0990. The molecule has 1 aromatic carbocycles. The predicted molar refractivity (Wildman–Crippen MR) is 70.9 cm³/mol. The molecule has 0 amide bonds. The molecule has 0 saturated heterocycles. The van der Waals surface area contributed by atoms with E-state index in [4.69, 9.17) is 5.11 Å². The summed E-state index contributed by atoms with van der Waals surface area (Å²) in [5.41, 5.74) is -0.185. The van der Waals surface area contributed by atoms with Crippen LogP contribution >= 0.6 is 15.9 Å². The molecule has 0 aliphatic carbocycles. The van der Waals surface area contributed by atoms with Crippen LogP contribution in [0.15, 0.2) is 16.6 Å². The van der Waals surface area contributed by atoms with E-state index in [1.807, 2.05) is 0 Å². The number of carboxylic acids is 1. The zero-order valence-corrected chi connectivity index (χ0v) is 11.7. The van der Waals surface area contributed by atoms with Crippen LogP contribution in [0, 0.1) is 15.9 Å². The predicted octanol–water partition coefficient (Wildman–Crippen LogP) is 2.80. The average molecular weight is 335 g/mol. The Morgan fingerprint density at radius 3 is 2.68 bits per heavy atom. The van der Waals surface area contributed by atoms with Crippen LogP contribution in [0.1, 0.15) is 13.3 Å². The average Bonchev–Trinajstić information content (AvgIpc) is 2.33. The van der Waals surface area contributed by atoms with Gasteiger partial charge in [0.05, 0.1) is 21.9 Å². The molecule has 0 spiro atoms. The molecule has 6 nitrogen and oxygen atoms in total. The summed E-state index contributed by atoms with van der Waals surface area (Å²) in [5, 5.41) is 19.6. The first kappa shape index (κ1) is 15.4. The Bertz CT molecular complexity index is 510. The van der Waals surface area contributed by atoms with Gasteiger partial charge in [0.2, 0.25) is 0 Å². The molecule has 0 bridgehead atoms. The third-order valence-electron chi connectivity index (χ3n) is 2.53. The van der Waals surface area contributed by atoms with Crippen molar-refractivity contribution in [3.63, 3.8) is 0 Å². The summed E-state index contributed by atoms with van der Waals surface area (Å²) in [4.78, 5) is 22.3. The molecule has 104 valence electrons. The van der Waals surface area contributed by atoms with E-state index in [0.29, 0.717) is 6.54 Å². The summed E-state index contributed by atoms with van der Waals surface area (Å²) in [6.45, 7) is 2.24. The third-order valence-corrected chi connectivity index (χ3v) is 3.14. The summed E-state index contributed by atoms with van der Waals surface area (Å²) in [7, 11) is 0. The van der Waals surface area contributed by atoms with Gasteiger partial charge in [-0.1, -0.05) is 0 Å². The Morgan fingerprint density at radius 1 is 1.58 bits per heavy atom. The van der Waals surface area contributed by atoms with Crippen molar-refractivity contribution in [1.29, 1.82) is 0 Å². The van der Waals surface area contributed by atoms with Crippen LogP contribution in [0.3, 0.4) is 0 Å². The van der Waals surface area contributed by atoms with E-state index in [-0.39, 0.29) is 28.8 Å². The number of nitro groups is 1. The molecule has 0 atom stereocenters. The molecule has 0 unspecified atom stereocenters. The molecule has 0 fully saturated rings. The second-order valence-electron chi connectivity index (χ2n) is 3.74. The number of halogens is 2. The lowest BCUT2D eigenvalue weighted by molar-refractivity contribution is -0.384. The van der Waals surface area contributed by atoms with Gasteiger partial charge in [-0.3, -0.25) is 14.9 Å². The standard InChI is InChI=1S/C11H12BrFN2O4/c1-2-14(4-3-11(16)17)9-5-7(12)8(13)6-10(9)15(18)19/h5-6H,2-4H2,1H3,(H,16,17). The van der Waals surface area contributed by atoms with Crippen molar-refractivity contribution >= 4 is 33.3 Å². The molecule has 0 radical (unpaired) electrons. The number of carboxylic acid groups (broad SMARTS) is 1. The Morgan fingerprint density at radius 2 is 2.21 bits per heavy atom. The van der Waals surface area contributed by atoms with Crippen LogP contribution in [0.4, 0.5) is 15.8 Å². The van der Waals surface area contributed by atoms with Gasteiger partial charge in [-0.2, -0.15) is 0 Å². The summed E-state index contributed by atoms with van der Waals surface area (Å²) in [5.74, 6) is -1.73. The quantitative estimate of drug-likeness (QED) is 0.638. The van der Waals surface area contributed by atoms with Gasteiger partial charge in [0, 0.05) is 13.1 Å². The third kappa shape index (κ3) is 3.88. The molecule has 0 aliphatic heterocycles. The first-order chi connectivity index (χ1) is 8.86. The summed E-state index contributed by atoms with van der Waals surface area (Å²) in [6, 6.07) is 2.11. The van der Waals surface area contributed by atoms with E-state index < -0.39 is 16.7 Å². The number of rotatable bonds is 6. The molecule has 8 heteroatoms. The van der Waals surface area contributed by atoms with E-state index in [1.165, 1.54) is 11.0 Å². The smallest absolute Gasteiger partial charge is 0.305 e. The van der Waals surface area contributed by atoms with Crippen molar-refractivity contribution in [3.05, 3.63) is 32.5 Å². The van der Waals surface area contributed by atoms with Crippen LogP contribution < -0.4 is 4.90 Å². The molecule has 1 N–H and O–H groups in total. The van der Waals surface area contributed by atoms with E-state index in [1.54, 1.807) is 6.92 Å². The Balaban J connectivity index is 3.17. The van der Waals surface area contributed by atoms with Crippen molar-refractivity contribution in [1.82, 2.24) is 0 Å². The summed E-state index contributed by atoms with van der Waals surface area (Å²) >= 11 is 2.97. The van der Waals surface area contributed by atoms with Gasteiger partial charge in [-0.15, -0.1) is 0 Å². The molecule has 0 saturated carbocycles. The van der Waals surface area contributed by atoms with Crippen LogP contribution in [-0.4, -0.2) is 29.1 Å². The fourth-order valence-corrected chi connectivity index (χ4v) is 1.94. The largest absolute Gasteiger partial charge is 0.481 e. The second-order valence-corrected chi connectivity index (χ2v) is 4.59. The van der Waals surface area contributed by atoms with Crippen molar-refractivity contribution in [2.75, 3.05) is 18.0 Å². The number of hydrogen-bond donors (Lipinski definition) is 1. The fraction of sp³-hybridized carbons (Fsp3) is 0.364. The highest BCUT2D eigenvalue weighted by atomic mass is 79.9. The summed E-state index contributed by atoms with van der Waals surface area (Å²) < 4.78 is 13.4. The Labute approximate surface area is 117 Å². The number of anilines is 1. The maximum Gasteiger partial charge on any atom is 0.305 e. The molecule has 1 aromatic rings. The minimum atomic E-state index is -0.998. The molecule has 1 rings (SSSR count). The number of aliphatic carboxylic acids is 1. The highest BCUT2D eigenvalue weighted by molar-refractivity contribution is 9.10. The number of benzene rings is 1. The van der Waals surface area contributed by atoms with Gasteiger partial charge in [0.15, 0.2) is 0 Å². The lowest BCUT2D eigenvalue weighted by atomic mass is 10.2. The number of carbonyl (C=O) groups is 1. The summed E-state index contributed by atoms with van der Waals surface area (Å²) in [6.07, 6.45) is -0.153. The fourth-order valence-electron chi connectivity index (χ4n) is 1.60.